The molecule has 1 aliphatic carbocycles. The zero-order chi connectivity index (χ0) is 19.8. The number of nitrogens with one attached hydrogen (secondary N) is 1. The van der Waals surface area contributed by atoms with Crippen molar-refractivity contribution in [2.24, 2.45) is 5.41 Å². The normalized spacial score (nSPS) is 21.9. The topological polar surface area (TPSA) is 110 Å². The summed E-state index contributed by atoms with van der Waals surface area (Å²) in [6, 6.07) is 5.89. The molecule has 1 unspecified atom stereocenters. The molecule has 1 N–H and O–H groups in total. The SMILES string of the molecule is COC(=O)c1cccc(NC(=O)C2(C(=O)N(C)C3CCS(=O)(=O)C3)CC2)c1. The summed E-state index contributed by atoms with van der Waals surface area (Å²) in [5.41, 5.74) is -0.477. The standard InChI is InChI=1S/C18H22N2O6S/c1-20(14-6-9-27(24,25)11-14)17(23)18(7-8-18)16(22)19-13-5-3-4-12(10-13)15(21)26-2/h3-5,10,14H,6-9,11H2,1-2H3,(H,19,22). The molecular formula is C18H22N2O6S. The molecule has 1 saturated heterocycles. The first-order valence-corrected chi connectivity index (χ1v) is 10.5. The van der Waals surface area contributed by atoms with Gasteiger partial charge in [-0.05, 0) is 37.5 Å². The van der Waals surface area contributed by atoms with Gasteiger partial charge in [0.15, 0.2) is 9.84 Å². The summed E-state index contributed by atoms with van der Waals surface area (Å²) < 4.78 is 28.0. The number of carbonyl (C=O) groups is 3. The molecule has 2 aliphatic rings. The largest absolute Gasteiger partial charge is 0.465 e. The Kier molecular flexibility index (Phi) is 4.98. The highest BCUT2D eigenvalue weighted by atomic mass is 32.2. The van der Waals surface area contributed by atoms with Gasteiger partial charge in [-0.25, -0.2) is 13.2 Å². The van der Waals surface area contributed by atoms with Gasteiger partial charge in [0.2, 0.25) is 11.8 Å². The van der Waals surface area contributed by atoms with Crippen molar-refractivity contribution >= 4 is 33.3 Å². The van der Waals surface area contributed by atoms with Crippen LogP contribution in [-0.2, 0) is 24.2 Å². The number of hydrogen-bond acceptors (Lipinski definition) is 6. The Labute approximate surface area is 157 Å². The van der Waals surface area contributed by atoms with Gasteiger partial charge in [0.25, 0.3) is 0 Å². The third-order valence-electron chi connectivity index (χ3n) is 5.21. The van der Waals surface area contributed by atoms with Crippen molar-refractivity contribution < 1.29 is 27.5 Å². The van der Waals surface area contributed by atoms with Gasteiger partial charge in [-0.2, -0.15) is 0 Å². The molecule has 9 heteroatoms. The molecular weight excluding hydrogens is 372 g/mol. The fourth-order valence-electron chi connectivity index (χ4n) is 3.34. The van der Waals surface area contributed by atoms with E-state index in [2.05, 4.69) is 10.1 Å². The molecule has 0 bridgehead atoms. The van der Waals surface area contributed by atoms with E-state index in [-0.39, 0.29) is 17.4 Å². The summed E-state index contributed by atoms with van der Waals surface area (Å²) in [7, 11) is -0.299. The summed E-state index contributed by atoms with van der Waals surface area (Å²) in [6.07, 6.45) is 1.22. The van der Waals surface area contributed by atoms with Crippen LogP contribution in [0.2, 0.25) is 0 Å². The lowest BCUT2D eigenvalue weighted by atomic mass is 10.0. The fourth-order valence-corrected chi connectivity index (χ4v) is 5.11. The zero-order valence-electron chi connectivity index (χ0n) is 15.2. The molecule has 8 nitrogen and oxygen atoms in total. The van der Waals surface area contributed by atoms with Crippen molar-refractivity contribution in [3.8, 4) is 0 Å². The average Bonchev–Trinajstić information content (AvgIpc) is 3.38. The second-order valence-corrected chi connectivity index (χ2v) is 9.31. The third kappa shape index (κ3) is 3.83. The highest BCUT2D eigenvalue weighted by molar-refractivity contribution is 7.91. The Hall–Kier alpha value is -2.42. The maximum absolute atomic E-state index is 12.9. The quantitative estimate of drug-likeness (QED) is 0.585. The summed E-state index contributed by atoms with van der Waals surface area (Å²) in [4.78, 5) is 38.6. The van der Waals surface area contributed by atoms with Gasteiger partial charge in [0.1, 0.15) is 5.41 Å². The van der Waals surface area contributed by atoms with Crippen LogP contribution in [0.1, 0.15) is 29.6 Å². The van der Waals surface area contributed by atoms with Crippen LogP contribution in [0, 0.1) is 5.41 Å². The average molecular weight is 394 g/mol. The van der Waals surface area contributed by atoms with E-state index in [0.717, 1.165) is 0 Å². The van der Waals surface area contributed by atoms with E-state index in [4.69, 9.17) is 0 Å². The molecule has 3 rings (SSSR count). The lowest BCUT2D eigenvalue weighted by Gasteiger charge is -2.27. The van der Waals surface area contributed by atoms with E-state index < -0.39 is 33.2 Å². The number of carbonyl (C=O) groups excluding carboxylic acids is 3. The van der Waals surface area contributed by atoms with Crippen LogP contribution < -0.4 is 5.32 Å². The number of benzene rings is 1. The number of nitrogens with zero attached hydrogens (tertiary/aromatic N) is 1. The molecule has 1 aromatic rings. The molecule has 0 spiro atoms. The van der Waals surface area contributed by atoms with Crippen LogP contribution >= 0.6 is 0 Å². The van der Waals surface area contributed by atoms with Gasteiger partial charge >= 0.3 is 5.97 Å². The van der Waals surface area contributed by atoms with Gasteiger partial charge in [0, 0.05) is 18.8 Å². The number of hydrogen-bond donors (Lipinski definition) is 1. The summed E-state index contributed by atoms with van der Waals surface area (Å²) in [6.45, 7) is 0. The molecule has 1 atom stereocenters. The molecule has 1 aromatic carbocycles. The predicted molar refractivity (Wildman–Crippen MR) is 97.9 cm³/mol. The number of rotatable bonds is 5. The van der Waals surface area contributed by atoms with Crippen LogP contribution in [0.4, 0.5) is 5.69 Å². The van der Waals surface area contributed by atoms with Crippen LogP contribution in [0.15, 0.2) is 24.3 Å². The molecule has 0 aromatic heterocycles. The minimum atomic E-state index is -3.12. The van der Waals surface area contributed by atoms with Gasteiger partial charge < -0.3 is 15.0 Å². The monoisotopic (exact) mass is 394 g/mol. The Morgan fingerprint density at radius 3 is 2.52 bits per heavy atom. The van der Waals surface area contributed by atoms with Crippen LogP contribution in [0.3, 0.4) is 0 Å². The lowest BCUT2D eigenvalue weighted by Crippen LogP contribution is -2.46. The van der Waals surface area contributed by atoms with Gasteiger partial charge in [-0.3, -0.25) is 9.59 Å². The van der Waals surface area contributed by atoms with Crippen molar-refractivity contribution in [3.63, 3.8) is 0 Å². The van der Waals surface area contributed by atoms with Crippen LogP contribution in [0.25, 0.3) is 0 Å². The fraction of sp³-hybridized carbons (Fsp3) is 0.500. The van der Waals surface area contributed by atoms with E-state index in [0.29, 0.717) is 30.5 Å². The first-order chi connectivity index (χ1) is 12.7. The Balaban J connectivity index is 1.71. The maximum atomic E-state index is 12.9. The van der Waals surface area contributed by atoms with E-state index in [1.807, 2.05) is 0 Å². The second kappa shape index (κ2) is 6.95. The molecule has 27 heavy (non-hydrogen) atoms. The Morgan fingerprint density at radius 2 is 1.96 bits per heavy atom. The minimum absolute atomic E-state index is 0.0614. The molecule has 2 fully saturated rings. The molecule has 1 heterocycles. The summed E-state index contributed by atoms with van der Waals surface area (Å²) >= 11 is 0. The van der Waals surface area contributed by atoms with Crippen molar-refractivity contribution in [2.45, 2.75) is 25.3 Å². The van der Waals surface area contributed by atoms with Gasteiger partial charge in [-0.15, -0.1) is 0 Å². The maximum Gasteiger partial charge on any atom is 0.337 e. The summed E-state index contributed by atoms with van der Waals surface area (Å²) in [5, 5.41) is 2.69. The zero-order valence-corrected chi connectivity index (χ0v) is 16.0. The smallest absolute Gasteiger partial charge is 0.337 e. The number of amides is 2. The van der Waals surface area contributed by atoms with Crippen LogP contribution in [0.5, 0.6) is 0 Å². The first-order valence-electron chi connectivity index (χ1n) is 8.66. The second-order valence-electron chi connectivity index (χ2n) is 7.08. The number of anilines is 1. The van der Waals surface area contributed by atoms with E-state index in [9.17, 15) is 22.8 Å². The Morgan fingerprint density at radius 1 is 1.26 bits per heavy atom. The van der Waals surface area contributed by atoms with Crippen LogP contribution in [-0.4, -0.2) is 62.8 Å². The highest BCUT2D eigenvalue weighted by Crippen LogP contribution is 2.48. The molecule has 2 amide bonds. The number of esters is 1. The summed E-state index contributed by atoms with van der Waals surface area (Å²) in [5.74, 6) is -1.32. The molecule has 0 radical (unpaired) electrons. The number of ether oxygens (including phenoxy) is 1. The predicted octanol–water partition coefficient (Wildman–Crippen LogP) is 0.837. The first kappa shape index (κ1) is 19.3. The molecule has 146 valence electrons. The molecule has 1 aliphatic heterocycles. The van der Waals surface area contributed by atoms with E-state index in [1.165, 1.54) is 18.1 Å². The van der Waals surface area contributed by atoms with Crippen molar-refractivity contribution in [3.05, 3.63) is 29.8 Å². The molecule has 1 saturated carbocycles. The minimum Gasteiger partial charge on any atom is -0.465 e. The van der Waals surface area contributed by atoms with Crippen molar-refractivity contribution in [1.82, 2.24) is 4.90 Å². The van der Waals surface area contributed by atoms with Crippen molar-refractivity contribution in [1.29, 1.82) is 0 Å². The van der Waals surface area contributed by atoms with Crippen molar-refractivity contribution in [2.75, 3.05) is 31.0 Å². The van der Waals surface area contributed by atoms with E-state index >= 15 is 0 Å². The lowest BCUT2D eigenvalue weighted by molar-refractivity contribution is -0.142. The van der Waals surface area contributed by atoms with Gasteiger partial charge in [0.05, 0.1) is 24.2 Å². The number of methoxy groups -OCH3 is 1. The van der Waals surface area contributed by atoms with E-state index in [1.54, 1.807) is 25.2 Å². The Bertz CT molecular complexity index is 891. The third-order valence-corrected chi connectivity index (χ3v) is 6.96. The number of sulfone groups is 1. The van der Waals surface area contributed by atoms with Gasteiger partial charge in [-0.1, -0.05) is 6.07 Å². The highest BCUT2D eigenvalue weighted by Gasteiger charge is 2.58.